The van der Waals surface area contributed by atoms with Gasteiger partial charge in [-0.1, -0.05) is 5.21 Å². The number of H-pyrrole nitrogens is 1. The largest absolute Gasteiger partial charge is 0.480 e. The molecule has 1 aromatic rings. The number of aromatic nitrogens is 4. The Kier molecular flexibility index (Phi) is 1.42. The molecule has 0 saturated heterocycles. The average molecular weight is 182 g/mol. The van der Waals surface area contributed by atoms with Crippen LogP contribution in [0.2, 0.25) is 0 Å². The number of rotatable bonds is 2. The highest BCUT2D eigenvalue weighted by molar-refractivity contribution is 6.00. The summed E-state index contributed by atoms with van der Waals surface area (Å²) in [5.41, 5.74) is -1.23. The van der Waals surface area contributed by atoms with Gasteiger partial charge in [-0.05, 0) is 0 Å². The molecule has 0 amide bonds. The molecule has 0 aromatic carbocycles. The molecule has 2 N–H and O–H groups in total. The fraction of sp³-hybridized carbons (Fsp3) is 0.500. The maximum absolute atomic E-state index is 10.9. The Morgan fingerprint density at radius 2 is 2.23 bits per heavy atom. The first-order chi connectivity index (χ1) is 6.15. The van der Waals surface area contributed by atoms with E-state index in [0.29, 0.717) is 0 Å². The van der Waals surface area contributed by atoms with Crippen LogP contribution in [0.5, 0.6) is 0 Å². The van der Waals surface area contributed by atoms with E-state index in [4.69, 9.17) is 5.11 Å². The van der Waals surface area contributed by atoms with Gasteiger partial charge in [0.25, 0.3) is 0 Å². The number of carboxylic acids is 1. The van der Waals surface area contributed by atoms with Crippen LogP contribution < -0.4 is 0 Å². The number of hydrogen-bond donors (Lipinski definition) is 2. The maximum atomic E-state index is 10.9. The Bertz CT molecular complexity index is 350. The van der Waals surface area contributed by atoms with E-state index in [1.54, 1.807) is 0 Å². The molecule has 0 unspecified atom stereocenters. The van der Waals surface area contributed by atoms with Crippen molar-refractivity contribution in [2.45, 2.75) is 18.3 Å². The lowest BCUT2D eigenvalue weighted by Gasteiger charge is -2.32. The number of aromatic amines is 1. The van der Waals surface area contributed by atoms with E-state index in [1.807, 2.05) is 0 Å². The Hall–Kier alpha value is -1.79. The van der Waals surface area contributed by atoms with Crippen molar-refractivity contribution in [3.8, 4) is 0 Å². The smallest absolute Gasteiger partial charge is 0.318 e. The van der Waals surface area contributed by atoms with Crippen molar-refractivity contribution < 1.29 is 14.7 Å². The number of tetrazole rings is 1. The van der Waals surface area contributed by atoms with Crippen LogP contribution in [-0.2, 0) is 15.0 Å². The number of Topliss-reactive ketones (excluding diaryl/α,β-unsaturated/α-hetero) is 1. The fourth-order valence-electron chi connectivity index (χ4n) is 1.39. The van der Waals surface area contributed by atoms with E-state index in [0.717, 1.165) is 0 Å². The molecule has 0 aliphatic heterocycles. The molecular formula is C6H6N4O3. The van der Waals surface area contributed by atoms with Crippen LogP contribution in [0, 0.1) is 0 Å². The topological polar surface area (TPSA) is 109 Å². The Morgan fingerprint density at radius 3 is 2.62 bits per heavy atom. The zero-order valence-electron chi connectivity index (χ0n) is 6.52. The summed E-state index contributed by atoms with van der Waals surface area (Å²) in [6.07, 6.45) is -0.0796. The molecule has 1 heterocycles. The molecule has 7 heteroatoms. The molecule has 1 aromatic heterocycles. The van der Waals surface area contributed by atoms with Gasteiger partial charge in [-0.2, -0.15) is 5.21 Å². The minimum absolute atomic E-state index is 0.0398. The monoisotopic (exact) mass is 182 g/mol. The number of carboxylic acid groups (broad SMARTS) is 1. The second-order valence-corrected chi connectivity index (χ2v) is 3.01. The predicted molar refractivity (Wildman–Crippen MR) is 37.7 cm³/mol. The average Bonchev–Trinajstić information content (AvgIpc) is 2.49. The maximum Gasteiger partial charge on any atom is 0.318 e. The third kappa shape index (κ3) is 0.930. The first-order valence-corrected chi connectivity index (χ1v) is 3.64. The molecule has 1 saturated carbocycles. The standard InChI is InChI=1S/C6H6N4O3/c11-3-1-6(2-3,5(12)13)4-7-9-10-8-4/h1-2H2,(H,12,13)(H,7,8,9,10). The van der Waals surface area contributed by atoms with Crippen LogP contribution in [0.3, 0.4) is 0 Å². The highest BCUT2D eigenvalue weighted by Crippen LogP contribution is 2.39. The molecular weight excluding hydrogens is 176 g/mol. The van der Waals surface area contributed by atoms with E-state index in [2.05, 4.69) is 20.6 Å². The summed E-state index contributed by atoms with van der Waals surface area (Å²) < 4.78 is 0. The molecule has 0 radical (unpaired) electrons. The predicted octanol–water partition coefficient (Wildman–Crippen LogP) is -1.12. The number of ketones is 1. The van der Waals surface area contributed by atoms with Crippen molar-refractivity contribution >= 4 is 11.8 Å². The van der Waals surface area contributed by atoms with Crippen LogP contribution in [0.1, 0.15) is 18.7 Å². The lowest BCUT2D eigenvalue weighted by atomic mass is 9.67. The molecule has 68 valence electrons. The van der Waals surface area contributed by atoms with Crippen LogP contribution in [0.25, 0.3) is 0 Å². The molecule has 7 nitrogen and oxygen atoms in total. The van der Waals surface area contributed by atoms with E-state index in [-0.39, 0.29) is 24.4 Å². The molecule has 1 aliphatic carbocycles. The summed E-state index contributed by atoms with van der Waals surface area (Å²) in [4.78, 5) is 21.6. The van der Waals surface area contributed by atoms with E-state index in [1.165, 1.54) is 0 Å². The van der Waals surface area contributed by atoms with Crippen molar-refractivity contribution in [3.63, 3.8) is 0 Å². The Balaban J connectivity index is 2.37. The van der Waals surface area contributed by atoms with Crippen molar-refractivity contribution in [3.05, 3.63) is 5.82 Å². The van der Waals surface area contributed by atoms with Gasteiger partial charge < -0.3 is 5.11 Å². The highest BCUT2D eigenvalue weighted by atomic mass is 16.4. The molecule has 2 rings (SSSR count). The van der Waals surface area contributed by atoms with Crippen molar-refractivity contribution in [1.29, 1.82) is 0 Å². The van der Waals surface area contributed by atoms with Gasteiger partial charge >= 0.3 is 5.97 Å². The number of aliphatic carboxylic acids is 1. The quantitative estimate of drug-likeness (QED) is 0.599. The third-order valence-corrected chi connectivity index (χ3v) is 2.18. The zero-order chi connectivity index (χ0) is 9.47. The lowest BCUT2D eigenvalue weighted by molar-refractivity contribution is -0.153. The van der Waals surface area contributed by atoms with Crippen LogP contribution in [0.4, 0.5) is 0 Å². The van der Waals surface area contributed by atoms with Gasteiger partial charge in [0, 0.05) is 12.8 Å². The van der Waals surface area contributed by atoms with Crippen LogP contribution >= 0.6 is 0 Å². The summed E-state index contributed by atoms with van der Waals surface area (Å²) >= 11 is 0. The van der Waals surface area contributed by atoms with Crippen molar-refractivity contribution in [2.24, 2.45) is 0 Å². The summed E-state index contributed by atoms with van der Waals surface area (Å²) in [7, 11) is 0. The van der Waals surface area contributed by atoms with Crippen LogP contribution in [0.15, 0.2) is 0 Å². The molecule has 0 atom stereocenters. The van der Waals surface area contributed by atoms with E-state index < -0.39 is 11.4 Å². The van der Waals surface area contributed by atoms with Crippen LogP contribution in [-0.4, -0.2) is 37.5 Å². The number of hydrogen-bond acceptors (Lipinski definition) is 5. The Labute approximate surface area is 72.1 Å². The van der Waals surface area contributed by atoms with Gasteiger partial charge in [0.15, 0.2) is 5.82 Å². The normalized spacial score (nSPS) is 19.5. The second kappa shape index (κ2) is 2.35. The fourth-order valence-corrected chi connectivity index (χ4v) is 1.39. The van der Waals surface area contributed by atoms with E-state index >= 15 is 0 Å². The highest BCUT2D eigenvalue weighted by Gasteiger charge is 2.54. The summed E-state index contributed by atoms with van der Waals surface area (Å²) in [5.74, 6) is -1.08. The van der Waals surface area contributed by atoms with Gasteiger partial charge in [0.05, 0.1) is 0 Å². The van der Waals surface area contributed by atoms with Crippen molar-refractivity contribution in [2.75, 3.05) is 0 Å². The number of nitrogens with one attached hydrogen (secondary N) is 1. The van der Waals surface area contributed by atoms with Crippen molar-refractivity contribution in [1.82, 2.24) is 20.6 Å². The minimum Gasteiger partial charge on any atom is -0.480 e. The summed E-state index contributed by atoms with van der Waals surface area (Å²) in [6.45, 7) is 0. The molecule has 0 spiro atoms. The molecule has 13 heavy (non-hydrogen) atoms. The first kappa shape index (κ1) is 7.84. The lowest BCUT2D eigenvalue weighted by Crippen LogP contribution is -2.49. The van der Waals surface area contributed by atoms with Gasteiger partial charge in [-0.25, -0.2) is 0 Å². The summed E-state index contributed by atoms with van der Waals surface area (Å²) in [5, 5.41) is 21.5. The van der Waals surface area contributed by atoms with Gasteiger partial charge in [-0.3, -0.25) is 9.59 Å². The second-order valence-electron chi connectivity index (χ2n) is 3.01. The van der Waals surface area contributed by atoms with Gasteiger partial charge in [0.1, 0.15) is 11.2 Å². The van der Waals surface area contributed by atoms with E-state index in [9.17, 15) is 9.59 Å². The number of carbonyl (C=O) groups excluding carboxylic acids is 1. The molecule has 0 bridgehead atoms. The molecule has 1 fully saturated rings. The first-order valence-electron chi connectivity index (χ1n) is 3.64. The van der Waals surface area contributed by atoms with Gasteiger partial charge in [0.2, 0.25) is 0 Å². The SMILES string of the molecule is O=C1CC(C(=O)O)(c2nn[nH]n2)C1. The minimum atomic E-state index is -1.23. The number of nitrogens with zero attached hydrogens (tertiary/aromatic N) is 3. The Morgan fingerprint density at radius 1 is 1.54 bits per heavy atom. The summed E-state index contributed by atoms with van der Waals surface area (Å²) in [6, 6.07) is 0. The third-order valence-electron chi connectivity index (χ3n) is 2.18. The van der Waals surface area contributed by atoms with Gasteiger partial charge in [-0.15, -0.1) is 10.2 Å². The molecule has 1 aliphatic rings. The number of carbonyl (C=O) groups is 2. The zero-order valence-corrected chi connectivity index (χ0v) is 6.52.